The molecule has 2 heterocycles. The maximum atomic E-state index is 12.5. The molecule has 3 rings (SSSR count). The number of hydrogen-bond donors (Lipinski definition) is 0. The maximum absolute atomic E-state index is 12.5. The van der Waals surface area contributed by atoms with Gasteiger partial charge in [0.15, 0.2) is 0 Å². The summed E-state index contributed by atoms with van der Waals surface area (Å²) >= 11 is 11.9. The van der Waals surface area contributed by atoms with Crippen molar-refractivity contribution >= 4 is 35.1 Å². The second-order valence-electron chi connectivity index (χ2n) is 6.69. The molecule has 1 aromatic carbocycles. The van der Waals surface area contributed by atoms with Gasteiger partial charge in [-0.2, -0.15) is 0 Å². The molecule has 1 saturated heterocycles. The van der Waals surface area contributed by atoms with Gasteiger partial charge in [-0.15, -0.1) is 5.10 Å². The Kier molecular flexibility index (Phi) is 6.04. The van der Waals surface area contributed by atoms with E-state index in [1.54, 1.807) is 6.07 Å². The van der Waals surface area contributed by atoms with E-state index in [1.807, 2.05) is 35.8 Å². The van der Waals surface area contributed by atoms with Gasteiger partial charge in [0.25, 0.3) is 0 Å². The fraction of sp³-hybridized carbons (Fsp3) is 0.500. The number of nitrogens with zero attached hydrogens (tertiary/aromatic N) is 4. The molecule has 0 bridgehead atoms. The van der Waals surface area contributed by atoms with Gasteiger partial charge >= 0.3 is 6.01 Å². The van der Waals surface area contributed by atoms with E-state index in [0.29, 0.717) is 61.0 Å². The molecule has 0 saturated carbocycles. The third-order valence-electron chi connectivity index (χ3n) is 4.44. The normalized spacial score (nSPS) is 15.0. The van der Waals surface area contributed by atoms with E-state index in [-0.39, 0.29) is 11.8 Å². The van der Waals surface area contributed by atoms with Crippen molar-refractivity contribution in [2.45, 2.75) is 32.6 Å². The Bertz CT molecular complexity index is 770. The summed E-state index contributed by atoms with van der Waals surface area (Å²) in [5.41, 5.74) is 1.01. The van der Waals surface area contributed by atoms with Crippen LogP contribution in [0.1, 0.15) is 37.6 Å². The molecule has 1 aromatic heterocycles. The standard InChI is InChI=1S/C18H22Cl2N4O2/c1-12(2)17-21-22-18(26-17)24-9-7-23(8-10-24)16(25)6-4-13-3-5-14(19)15(20)11-13/h3,5,11-12H,4,6-10H2,1-2H3. The van der Waals surface area contributed by atoms with Crippen molar-refractivity contribution < 1.29 is 9.21 Å². The first kappa shape index (κ1) is 19.0. The average molecular weight is 397 g/mol. The topological polar surface area (TPSA) is 62.5 Å². The second kappa shape index (κ2) is 8.27. The van der Waals surface area contributed by atoms with Crippen LogP contribution < -0.4 is 4.90 Å². The molecule has 1 aliphatic heterocycles. The Morgan fingerprint density at radius 1 is 1.15 bits per heavy atom. The van der Waals surface area contributed by atoms with Crippen LogP contribution >= 0.6 is 23.2 Å². The molecule has 0 atom stereocenters. The van der Waals surface area contributed by atoms with Crippen molar-refractivity contribution in [3.05, 3.63) is 39.7 Å². The number of rotatable bonds is 5. The van der Waals surface area contributed by atoms with Crippen LogP contribution in [0.2, 0.25) is 10.0 Å². The van der Waals surface area contributed by atoms with Crippen LogP contribution in [0.3, 0.4) is 0 Å². The van der Waals surface area contributed by atoms with Crippen molar-refractivity contribution in [2.75, 3.05) is 31.1 Å². The minimum atomic E-state index is 0.143. The van der Waals surface area contributed by atoms with Crippen molar-refractivity contribution in [2.24, 2.45) is 0 Å². The van der Waals surface area contributed by atoms with Crippen LogP contribution in [-0.4, -0.2) is 47.2 Å². The van der Waals surface area contributed by atoms with Crippen molar-refractivity contribution in [3.8, 4) is 0 Å². The summed E-state index contributed by atoms with van der Waals surface area (Å²) in [6, 6.07) is 6.02. The highest BCUT2D eigenvalue weighted by Gasteiger charge is 2.24. The van der Waals surface area contributed by atoms with Crippen LogP contribution in [0, 0.1) is 0 Å². The molecule has 1 amide bonds. The molecule has 0 aliphatic carbocycles. The summed E-state index contributed by atoms with van der Waals surface area (Å²) in [5, 5.41) is 9.21. The molecule has 1 aliphatic rings. The summed E-state index contributed by atoms with van der Waals surface area (Å²) < 4.78 is 5.68. The Labute approximate surface area is 163 Å². The predicted molar refractivity (Wildman–Crippen MR) is 102 cm³/mol. The van der Waals surface area contributed by atoms with Crippen molar-refractivity contribution in [3.63, 3.8) is 0 Å². The summed E-state index contributed by atoms with van der Waals surface area (Å²) in [6.45, 7) is 6.72. The lowest BCUT2D eigenvalue weighted by Crippen LogP contribution is -2.49. The van der Waals surface area contributed by atoms with Crippen LogP contribution in [0.25, 0.3) is 0 Å². The van der Waals surface area contributed by atoms with Gasteiger partial charge in [-0.1, -0.05) is 48.2 Å². The smallest absolute Gasteiger partial charge is 0.318 e. The van der Waals surface area contributed by atoms with E-state index < -0.39 is 0 Å². The molecule has 6 nitrogen and oxygen atoms in total. The number of carbonyl (C=O) groups is 1. The summed E-state index contributed by atoms with van der Waals surface area (Å²) in [6.07, 6.45) is 1.10. The molecule has 8 heteroatoms. The molecular formula is C18H22Cl2N4O2. The zero-order valence-corrected chi connectivity index (χ0v) is 16.4. The third kappa shape index (κ3) is 4.48. The highest BCUT2D eigenvalue weighted by Crippen LogP contribution is 2.23. The lowest BCUT2D eigenvalue weighted by Gasteiger charge is -2.33. The number of aryl methyl sites for hydroxylation is 1. The van der Waals surface area contributed by atoms with Gasteiger partial charge in [0.05, 0.1) is 10.0 Å². The number of piperazine rings is 1. The lowest BCUT2D eigenvalue weighted by atomic mass is 10.1. The van der Waals surface area contributed by atoms with Gasteiger partial charge < -0.3 is 14.2 Å². The van der Waals surface area contributed by atoms with E-state index in [0.717, 1.165) is 5.56 Å². The number of carbonyl (C=O) groups excluding carboxylic acids is 1. The average Bonchev–Trinajstić information content (AvgIpc) is 3.13. The van der Waals surface area contributed by atoms with Crippen molar-refractivity contribution in [1.29, 1.82) is 0 Å². The molecule has 0 spiro atoms. The van der Waals surface area contributed by atoms with Crippen LogP contribution in [0.15, 0.2) is 22.6 Å². The highest BCUT2D eigenvalue weighted by atomic mass is 35.5. The van der Waals surface area contributed by atoms with Crippen molar-refractivity contribution in [1.82, 2.24) is 15.1 Å². The summed E-state index contributed by atoms with van der Waals surface area (Å²) in [5.74, 6) is 0.991. The first-order valence-corrected chi connectivity index (χ1v) is 9.49. The Morgan fingerprint density at radius 3 is 2.50 bits per heavy atom. The predicted octanol–water partition coefficient (Wildman–Crippen LogP) is 3.78. The van der Waals surface area contributed by atoms with Gasteiger partial charge in [0.2, 0.25) is 11.8 Å². The number of benzene rings is 1. The second-order valence-corrected chi connectivity index (χ2v) is 7.51. The largest absolute Gasteiger partial charge is 0.408 e. The Balaban J connectivity index is 1.49. The third-order valence-corrected chi connectivity index (χ3v) is 5.18. The van der Waals surface area contributed by atoms with E-state index in [1.165, 1.54) is 0 Å². The monoisotopic (exact) mass is 396 g/mol. The zero-order valence-electron chi connectivity index (χ0n) is 14.9. The molecule has 0 unspecified atom stereocenters. The Morgan fingerprint density at radius 2 is 1.88 bits per heavy atom. The molecular weight excluding hydrogens is 375 g/mol. The molecule has 2 aromatic rings. The van der Waals surface area contributed by atoms with E-state index >= 15 is 0 Å². The van der Waals surface area contributed by atoms with Gasteiger partial charge in [-0.25, -0.2) is 0 Å². The fourth-order valence-electron chi connectivity index (χ4n) is 2.84. The first-order chi connectivity index (χ1) is 12.4. The van der Waals surface area contributed by atoms with E-state index in [2.05, 4.69) is 10.2 Å². The van der Waals surface area contributed by atoms with E-state index in [4.69, 9.17) is 27.6 Å². The quantitative estimate of drug-likeness (QED) is 0.769. The number of aromatic nitrogens is 2. The summed E-state index contributed by atoms with van der Waals surface area (Å²) in [4.78, 5) is 16.4. The number of amides is 1. The van der Waals surface area contributed by atoms with Crippen LogP contribution in [0.5, 0.6) is 0 Å². The maximum Gasteiger partial charge on any atom is 0.318 e. The molecule has 140 valence electrons. The zero-order chi connectivity index (χ0) is 18.7. The van der Waals surface area contributed by atoms with Gasteiger partial charge in [-0.05, 0) is 24.1 Å². The molecule has 0 radical (unpaired) electrons. The number of anilines is 1. The van der Waals surface area contributed by atoms with Crippen LogP contribution in [0.4, 0.5) is 6.01 Å². The Hall–Kier alpha value is -1.79. The van der Waals surface area contributed by atoms with Gasteiger partial charge in [0, 0.05) is 38.5 Å². The molecule has 26 heavy (non-hydrogen) atoms. The SMILES string of the molecule is CC(C)c1nnc(N2CCN(C(=O)CCc3ccc(Cl)c(Cl)c3)CC2)o1. The minimum absolute atomic E-state index is 0.143. The minimum Gasteiger partial charge on any atom is -0.408 e. The number of halogens is 2. The van der Waals surface area contributed by atoms with Crippen LogP contribution in [-0.2, 0) is 11.2 Å². The fourth-order valence-corrected chi connectivity index (χ4v) is 3.16. The van der Waals surface area contributed by atoms with Gasteiger partial charge in [0.1, 0.15) is 0 Å². The molecule has 1 fully saturated rings. The van der Waals surface area contributed by atoms with Gasteiger partial charge in [-0.3, -0.25) is 4.79 Å². The highest BCUT2D eigenvalue weighted by molar-refractivity contribution is 6.42. The molecule has 0 N–H and O–H groups in total. The lowest BCUT2D eigenvalue weighted by molar-refractivity contribution is -0.131. The summed E-state index contributed by atoms with van der Waals surface area (Å²) in [7, 11) is 0. The van der Waals surface area contributed by atoms with E-state index in [9.17, 15) is 4.79 Å². The number of hydrogen-bond acceptors (Lipinski definition) is 5. The first-order valence-electron chi connectivity index (χ1n) is 8.74.